The molecule has 0 fully saturated rings. The SMILES string of the molecule is CCc1ccccc1NC(=O)[C@H](C)NS(=O)(=O)c1ccc(C)cc1. The Bertz CT molecular complexity index is 814. The van der Waals surface area contributed by atoms with E-state index in [1.165, 1.54) is 19.1 Å². The number of benzene rings is 2. The number of rotatable bonds is 6. The summed E-state index contributed by atoms with van der Waals surface area (Å²) >= 11 is 0. The average Bonchev–Trinajstić information content (AvgIpc) is 2.55. The Hall–Kier alpha value is -2.18. The summed E-state index contributed by atoms with van der Waals surface area (Å²) in [6.45, 7) is 5.40. The van der Waals surface area contributed by atoms with Crippen LogP contribution < -0.4 is 10.0 Å². The highest BCUT2D eigenvalue weighted by Crippen LogP contribution is 2.16. The molecule has 1 atom stereocenters. The second kappa shape index (κ2) is 7.59. The van der Waals surface area contributed by atoms with E-state index in [9.17, 15) is 13.2 Å². The summed E-state index contributed by atoms with van der Waals surface area (Å²) in [4.78, 5) is 12.4. The Kier molecular flexibility index (Phi) is 5.75. The molecule has 0 aliphatic rings. The van der Waals surface area contributed by atoms with Crippen molar-refractivity contribution < 1.29 is 13.2 Å². The molecule has 2 N–H and O–H groups in total. The molecule has 24 heavy (non-hydrogen) atoms. The molecule has 1 amide bonds. The molecule has 0 saturated carbocycles. The number of para-hydroxylation sites is 1. The number of carbonyl (C=O) groups is 1. The molecule has 0 radical (unpaired) electrons. The molecule has 2 aromatic rings. The van der Waals surface area contributed by atoms with Gasteiger partial charge in [-0.3, -0.25) is 4.79 Å². The van der Waals surface area contributed by atoms with Crippen LogP contribution in [-0.4, -0.2) is 20.4 Å². The van der Waals surface area contributed by atoms with Crippen LogP contribution in [0, 0.1) is 6.92 Å². The third-order valence-electron chi connectivity index (χ3n) is 3.71. The van der Waals surface area contributed by atoms with Gasteiger partial charge >= 0.3 is 0 Å². The summed E-state index contributed by atoms with van der Waals surface area (Å²) in [5.74, 6) is -0.397. The number of sulfonamides is 1. The van der Waals surface area contributed by atoms with Crippen molar-refractivity contribution in [1.29, 1.82) is 0 Å². The molecule has 0 saturated heterocycles. The lowest BCUT2D eigenvalue weighted by atomic mass is 10.1. The molecule has 0 unspecified atom stereocenters. The molecule has 0 aliphatic carbocycles. The van der Waals surface area contributed by atoms with Crippen molar-refractivity contribution in [2.75, 3.05) is 5.32 Å². The van der Waals surface area contributed by atoms with Gasteiger partial charge in [-0.15, -0.1) is 0 Å². The Balaban J connectivity index is 2.09. The van der Waals surface area contributed by atoms with Crippen molar-refractivity contribution in [3.8, 4) is 0 Å². The second-order valence-electron chi connectivity index (χ2n) is 5.66. The van der Waals surface area contributed by atoms with Crippen LogP contribution in [0.15, 0.2) is 53.4 Å². The first-order valence-electron chi connectivity index (χ1n) is 7.81. The van der Waals surface area contributed by atoms with Crippen LogP contribution >= 0.6 is 0 Å². The van der Waals surface area contributed by atoms with Gasteiger partial charge in [0, 0.05) is 5.69 Å². The highest BCUT2D eigenvalue weighted by molar-refractivity contribution is 7.89. The minimum absolute atomic E-state index is 0.140. The van der Waals surface area contributed by atoms with Crippen molar-refractivity contribution >= 4 is 21.6 Å². The number of carbonyl (C=O) groups excluding carboxylic acids is 1. The van der Waals surface area contributed by atoms with E-state index in [1.54, 1.807) is 18.2 Å². The highest BCUT2D eigenvalue weighted by atomic mass is 32.2. The summed E-state index contributed by atoms with van der Waals surface area (Å²) in [7, 11) is -3.74. The van der Waals surface area contributed by atoms with Crippen LogP contribution in [0.3, 0.4) is 0 Å². The number of hydrogen-bond acceptors (Lipinski definition) is 3. The first-order valence-corrected chi connectivity index (χ1v) is 9.29. The normalized spacial score (nSPS) is 12.6. The Morgan fingerprint density at radius 1 is 1.08 bits per heavy atom. The third-order valence-corrected chi connectivity index (χ3v) is 5.27. The van der Waals surface area contributed by atoms with E-state index in [-0.39, 0.29) is 4.90 Å². The lowest BCUT2D eigenvalue weighted by Crippen LogP contribution is -2.41. The van der Waals surface area contributed by atoms with E-state index < -0.39 is 22.0 Å². The summed E-state index contributed by atoms with van der Waals surface area (Å²) in [5, 5.41) is 2.78. The van der Waals surface area contributed by atoms with Crippen LogP contribution in [0.4, 0.5) is 5.69 Å². The van der Waals surface area contributed by atoms with Gasteiger partial charge < -0.3 is 5.32 Å². The van der Waals surface area contributed by atoms with Crippen LogP contribution in [0.2, 0.25) is 0 Å². The highest BCUT2D eigenvalue weighted by Gasteiger charge is 2.22. The molecule has 6 heteroatoms. The van der Waals surface area contributed by atoms with Crippen LogP contribution in [0.1, 0.15) is 25.0 Å². The van der Waals surface area contributed by atoms with Crippen molar-refractivity contribution in [3.05, 3.63) is 59.7 Å². The van der Waals surface area contributed by atoms with E-state index in [4.69, 9.17) is 0 Å². The number of hydrogen-bond donors (Lipinski definition) is 2. The van der Waals surface area contributed by atoms with Crippen molar-refractivity contribution in [1.82, 2.24) is 4.72 Å². The molecule has 0 bridgehead atoms. The molecule has 0 aromatic heterocycles. The van der Waals surface area contributed by atoms with Gasteiger partial charge in [-0.05, 0) is 44.0 Å². The topological polar surface area (TPSA) is 75.3 Å². The van der Waals surface area contributed by atoms with Crippen molar-refractivity contribution in [3.63, 3.8) is 0 Å². The van der Waals surface area contributed by atoms with E-state index in [0.717, 1.165) is 17.5 Å². The fourth-order valence-electron chi connectivity index (χ4n) is 2.26. The predicted octanol–water partition coefficient (Wildman–Crippen LogP) is 2.86. The maximum absolute atomic E-state index is 12.3. The zero-order valence-electron chi connectivity index (χ0n) is 14.0. The fourth-order valence-corrected chi connectivity index (χ4v) is 3.47. The number of amides is 1. The van der Waals surface area contributed by atoms with Gasteiger partial charge in [-0.25, -0.2) is 8.42 Å². The third kappa shape index (κ3) is 4.43. The number of nitrogens with one attached hydrogen (secondary N) is 2. The first kappa shape index (κ1) is 18.2. The monoisotopic (exact) mass is 346 g/mol. The molecule has 0 spiro atoms. The van der Waals surface area contributed by atoms with Gasteiger partial charge in [0.1, 0.15) is 0 Å². The largest absolute Gasteiger partial charge is 0.324 e. The summed E-state index contributed by atoms with van der Waals surface area (Å²) in [5.41, 5.74) is 2.67. The molecule has 0 heterocycles. The minimum Gasteiger partial charge on any atom is -0.324 e. The van der Waals surface area contributed by atoms with E-state index in [0.29, 0.717) is 5.69 Å². The zero-order chi connectivity index (χ0) is 17.7. The smallest absolute Gasteiger partial charge is 0.242 e. The van der Waals surface area contributed by atoms with E-state index in [2.05, 4.69) is 10.0 Å². The van der Waals surface area contributed by atoms with E-state index in [1.807, 2.05) is 32.0 Å². The lowest BCUT2D eigenvalue weighted by Gasteiger charge is -2.16. The Labute approximate surface area is 143 Å². The van der Waals surface area contributed by atoms with Gasteiger partial charge in [-0.1, -0.05) is 42.8 Å². The summed E-state index contributed by atoms with van der Waals surface area (Å²) in [6, 6.07) is 13.1. The maximum atomic E-state index is 12.3. The molecular weight excluding hydrogens is 324 g/mol. The molecule has 128 valence electrons. The van der Waals surface area contributed by atoms with Gasteiger partial charge in [0.25, 0.3) is 0 Å². The van der Waals surface area contributed by atoms with Crippen molar-refractivity contribution in [2.45, 2.75) is 38.1 Å². The van der Waals surface area contributed by atoms with E-state index >= 15 is 0 Å². The average molecular weight is 346 g/mol. The lowest BCUT2D eigenvalue weighted by molar-refractivity contribution is -0.117. The quantitative estimate of drug-likeness (QED) is 0.844. The molecule has 0 aliphatic heterocycles. The fraction of sp³-hybridized carbons (Fsp3) is 0.278. The summed E-state index contributed by atoms with van der Waals surface area (Å²) < 4.78 is 27.1. The maximum Gasteiger partial charge on any atom is 0.242 e. The van der Waals surface area contributed by atoms with Gasteiger partial charge in [-0.2, -0.15) is 4.72 Å². The van der Waals surface area contributed by atoms with Crippen LogP contribution in [-0.2, 0) is 21.2 Å². The first-order chi connectivity index (χ1) is 11.3. The Morgan fingerprint density at radius 2 is 1.71 bits per heavy atom. The van der Waals surface area contributed by atoms with Crippen LogP contribution in [0.5, 0.6) is 0 Å². The van der Waals surface area contributed by atoms with Gasteiger partial charge in [0.05, 0.1) is 10.9 Å². The minimum atomic E-state index is -3.74. The van der Waals surface area contributed by atoms with Crippen LogP contribution in [0.25, 0.3) is 0 Å². The second-order valence-corrected chi connectivity index (χ2v) is 7.37. The van der Waals surface area contributed by atoms with Crippen molar-refractivity contribution in [2.24, 2.45) is 0 Å². The predicted molar refractivity (Wildman–Crippen MR) is 95.4 cm³/mol. The number of aryl methyl sites for hydroxylation is 2. The standard InChI is InChI=1S/C18H22N2O3S/c1-4-15-7-5-6-8-17(15)19-18(21)14(3)20-24(22,23)16-11-9-13(2)10-12-16/h5-12,14,20H,4H2,1-3H3,(H,19,21)/t14-/m0/s1. The number of anilines is 1. The molecular formula is C18H22N2O3S. The molecule has 2 aromatic carbocycles. The Morgan fingerprint density at radius 3 is 2.33 bits per heavy atom. The summed E-state index contributed by atoms with van der Waals surface area (Å²) in [6.07, 6.45) is 0.778. The van der Waals surface area contributed by atoms with Gasteiger partial charge in [0.15, 0.2) is 0 Å². The molecule has 2 rings (SSSR count). The zero-order valence-corrected chi connectivity index (χ0v) is 14.9. The molecule has 5 nitrogen and oxygen atoms in total. The van der Waals surface area contributed by atoms with Gasteiger partial charge in [0.2, 0.25) is 15.9 Å².